The molecule has 0 aliphatic carbocycles. The first-order valence-corrected chi connectivity index (χ1v) is 9.86. The fourth-order valence-electron chi connectivity index (χ4n) is 3.00. The molecule has 0 bridgehead atoms. The van der Waals surface area contributed by atoms with E-state index >= 15 is 0 Å². The van der Waals surface area contributed by atoms with E-state index in [1.807, 2.05) is 36.9 Å². The number of imidazole rings is 1. The Labute approximate surface area is 166 Å². The number of aromatic amines is 1. The Hall–Kier alpha value is -3.00. The zero-order chi connectivity index (χ0) is 19.8. The van der Waals surface area contributed by atoms with Crippen LogP contribution in [0, 0.1) is 12.8 Å². The number of hydrogen-bond acceptors (Lipinski definition) is 6. The molecule has 1 N–H and O–H groups in total. The summed E-state index contributed by atoms with van der Waals surface area (Å²) < 4.78 is 8.09. The SMILES string of the molecule is Cc1sc2c(=O)[nH]c(-c3nccn3C)nc2c1-c1ccc(OCC(C)C)nc1. The number of rotatable bonds is 5. The molecule has 0 spiro atoms. The number of hydrogen-bond donors (Lipinski definition) is 1. The summed E-state index contributed by atoms with van der Waals surface area (Å²) in [5, 5.41) is 0. The van der Waals surface area contributed by atoms with Gasteiger partial charge in [-0.2, -0.15) is 0 Å². The molecule has 4 aromatic rings. The summed E-state index contributed by atoms with van der Waals surface area (Å²) in [4.78, 5) is 30.0. The molecular formula is C20H21N5O2S. The average molecular weight is 395 g/mol. The van der Waals surface area contributed by atoms with Crippen LogP contribution in [-0.4, -0.2) is 31.1 Å². The molecule has 4 heterocycles. The third-order valence-electron chi connectivity index (χ3n) is 4.34. The number of thiophene rings is 1. The Bertz CT molecular complexity index is 1190. The summed E-state index contributed by atoms with van der Waals surface area (Å²) in [5.41, 5.74) is 2.34. The molecule has 0 aliphatic heterocycles. The lowest BCUT2D eigenvalue weighted by Crippen LogP contribution is -2.09. The van der Waals surface area contributed by atoms with Gasteiger partial charge in [-0.1, -0.05) is 13.8 Å². The third-order valence-corrected chi connectivity index (χ3v) is 5.44. The molecule has 0 saturated carbocycles. The van der Waals surface area contributed by atoms with Crippen molar-refractivity contribution in [2.75, 3.05) is 6.61 Å². The zero-order valence-electron chi connectivity index (χ0n) is 16.2. The maximum atomic E-state index is 12.6. The second kappa shape index (κ2) is 7.20. The minimum Gasteiger partial charge on any atom is -0.477 e. The van der Waals surface area contributed by atoms with E-state index in [0.29, 0.717) is 40.3 Å². The predicted octanol–water partition coefficient (Wildman–Crippen LogP) is 3.79. The van der Waals surface area contributed by atoms with Crippen molar-refractivity contribution < 1.29 is 4.74 Å². The summed E-state index contributed by atoms with van der Waals surface area (Å²) in [7, 11) is 1.87. The van der Waals surface area contributed by atoms with Crippen LogP contribution in [-0.2, 0) is 7.05 Å². The molecule has 4 rings (SSSR count). The van der Waals surface area contributed by atoms with E-state index in [2.05, 4.69) is 28.8 Å². The highest BCUT2D eigenvalue weighted by atomic mass is 32.1. The molecule has 144 valence electrons. The van der Waals surface area contributed by atoms with E-state index in [1.54, 1.807) is 12.4 Å². The van der Waals surface area contributed by atoms with E-state index in [0.717, 1.165) is 16.0 Å². The van der Waals surface area contributed by atoms with Gasteiger partial charge in [0.25, 0.3) is 5.56 Å². The van der Waals surface area contributed by atoms with Gasteiger partial charge in [-0.25, -0.2) is 15.0 Å². The van der Waals surface area contributed by atoms with Crippen LogP contribution >= 0.6 is 11.3 Å². The fraction of sp³-hybridized carbons (Fsp3) is 0.300. The molecule has 0 saturated heterocycles. The normalized spacial score (nSPS) is 11.5. The predicted molar refractivity (Wildman–Crippen MR) is 111 cm³/mol. The van der Waals surface area contributed by atoms with Crippen LogP contribution in [0.25, 0.3) is 33.0 Å². The molecule has 0 aliphatic rings. The van der Waals surface area contributed by atoms with Crippen LogP contribution in [0.15, 0.2) is 35.5 Å². The topological polar surface area (TPSA) is 85.7 Å². The highest BCUT2D eigenvalue weighted by Crippen LogP contribution is 2.36. The summed E-state index contributed by atoms with van der Waals surface area (Å²) in [5.74, 6) is 2.09. The lowest BCUT2D eigenvalue weighted by molar-refractivity contribution is 0.261. The van der Waals surface area contributed by atoms with Crippen molar-refractivity contribution in [3.05, 3.63) is 46.0 Å². The molecular weight excluding hydrogens is 374 g/mol. The van der Waals surface area contributed by atoms with Gasteiger partial charge >= 0.3 is 0 Å². The van der Waals surface area contributed by atoms with Crippen molar-refractivity contribution in [1.82, 2.24) is 24.5 Å². The molecule has 0 unspecified atom stereocenters. The quantitative estimate of drug-likeness (QED) is 0.556. The van der Waals surface area contributed by atoms with Crippen LogP contribution in [0.3, 0.4) is 0 Å². The number of nitrogens with one attached hydrogen (secondary N) is 1. The number of nitrogens with zero attached hydrogens (tertiary/aromatic N) is 4. The first kappa shape index (κ1) is 18.4. The van der Waals surface area contributed by atoms with E-state index in [1.165, 1.54) is 11.3 Å². The van der Waals surface area contributed by atoms with Crippen LogP contribution in [0.2, 0.25) is 0 Å². The maximum absolute atomic E-state index is 12.6. The van der Waals surface area contributed by atoms with Gasteiger partial charge in [0.1, 0.15) is 4.70 Å². The van der Waals surface area contributed by atoms with Crippen LogP contribution < -0.4 is 10.3 Å². The Morgan fingerprint density at radius 1 is 1.29 bits per heavy atom. The van der Waals surface area contributed by atoms with Crippen LogP contribution in [0.1, 0.15) is 18.7 Å². The van der Waals surface area contributed by atoms with Gasteiger partial charge in [-0.3, -0.25) is 4.79 Å². The lowest BCUT2D eigenvalue weighted by atomic mass is 10.1. The molecule has 8 heteroatoms. The highest BCUT2D eigenvalue weighted by Gasteiger charge is 2.18. The van der Waals surface area contributed by atoms with Crippen LogP contribution in [0.5, 0.6) is 5.88 Å². The number of fused-ring (bicyclic) bond motifs is 1. The van der Waals surface area contributed by atoms with Gasteiger partial charge < -0.3 is 14.3 Å². The fourth-order valence-corrected chi connectivity index (χ4v) is 4.01. The molecule has 28 heavy (non-hydrogen) atoms. The summed E-state index contributed by atoms with van der Waals surface area (Å²) in [6.07, 6.45) is 5.27. The molecule has 0 amide bonds. The van der Waals surface area contributed by atoms with E-state index in [-0.39, 0.29) is 5.56 Å². The Balaban J connectivity index is 1.81. The summed E-state index contributed by atoms with van der Waals surface area (Å²) >= 11 is 1.44. The molecule has 0 fully saturated rings. The van der Waals surface area contributed by atoms with Crippen LogP contribution in [0.4, 0.5) is 0 Å². The first-order valence-electron chi connectivity index (χ1n) is 9.04. The van der Waals surface area contributed by atoms with E-state index in [4.69, 9.17) is 9.72 Å². The standard InChI is InChI=1S/C20H21N5O2S/c1-11(2)10-27-14-6-5-13(9-22-14)15-12(3)28-17-16(15)23-18(24-20(17)26)19-21-7-8-25(19)4/h5-9,11H,10H2,1-4H3,(H,23,24,26). The number of aromatic nitrogens is 5. The maximum Gasteiger partial charge on any atom is 0.269 e. The average Bonchev–Trinajstić information content (AvgIpc) is 3.23. The minimum atomic E-state index is -0.160. The molecule has 0 atom stereocenters. The Kier molecular flexibility index (Phi) is 4.72. The van der Waals surface area contributed by atoms with Gasteiger partial charge in [0, 0.05) is 47.7 Å². The van der Waals surface area contributed by atoms with Gasteiger partial charge in [0.2, 0.25) is 5.88 Å². The monoisotopic (exact) mass is 395 g/mol. The van der Waals surface area contributed by atoms with Gasteiger partial charge in [0.05, 0.1) is 12.1 Å². The largest absolute Gasteiger partial charge is 0.477 e. The highest BCUT2D eigenvalue weighted by molar-refractivity contribution is 7.19. The van der Waals surface area contributed by atoms with Crippen molar-refractivity contribution in [2.24, 2.45) is 13.0 Å². The van der Waals surface area contributed by atoms with Crippen molar-refractivity contribution in [3.8, 4) is 28.7 Å². The van der Waals surface area contributed by atoms with Crippen molar-refractivity contribution in [3.63, 3.8) is 0 Å². The summed E-state index contributed by atoms with van der Waals surface area (Å²) in [6.45, 7) is 6.80. The zero-order valence-corrected chi connectivity index (χ0v) is 17.0. The van der Waals surface area contributed by atoms with Crippen molar-refractivity contribution >= 4 is 21.6 Å². The lowest BCUT2D eigenvalue weighted by Gasteiger charge is -2.08. The third kappa shape index (κ3) is 3.31. The Morgan fingerprint density at radius 2 is 2.11 bits per heavy atom. The second-order valence-electron chi connectivity index (χ2n) is 7.08. The first-order chi connectivity index (χ1) is 13.4. The second-order valence-corrected chi connectivity index (χ2v) is 8.30. The van der Waals surface area contributed by atoms with E-state index in [9.17, 15) is 4.79 Å². The minimum absolute atomic E-state index is 0.160. The van der Waals surface area contributed by atoms with Gasteiger partial charge in [-0.15, -0.1) is 11.3 Å². The summed E-state index contributed by atoms with van der Waals surface area (Å²) in [6, 6.07) is 3.81. The van der Waals surface area contributed by atoms with E-state index < -0.39 is 0 Å². The van der Waals surface area contributed by atoms with Crippen molar-refractivity contribution in [2.45, 2.75) is 20.8 Å². The number of pyridine rings is 1. The molecule has 4 aromatic heterocycles. The number of ether oxygens (including phenoxy) is 1. The van der Waals surface area contributed by atoms with Gasteiger partial charge in [0.15, 0.2) is 11.6 Å². The molecule has 7 nitrogen and oxygen atoms in total. The Morgan fingerprint density at radius 3 is 2.75 bits per heavy atom. The molecule has 0 aromatic carbocycles. The van der Waals surface area contributed by atoms with Gasteiger partial charge in [-0.05, 0) is 18.9 Å². The number of H-pyrrole nitrogens is 1. The molecule has 0 radical (unpaired) electrons. The number of aryl methyl sites for hydroxylation is 2. The smallest absolute Gasteiger partial charge is 0.269 e. The van der Waals surface area contributed by atoms with Crippen molar-refractivity contribution in [1.29, 1.82) is 0 Å².